The average Bonchev–Trinajstić information content (AvgIpc) is 2.59. The number of aromatic nitrogens is 3. The van der Waals surface area contributed by atoms with Gasteiger partial charge in [0.05, 0.1) is 11.1 Å². The maximum atomic E-state index is 10.3. The summed E-state index contributed by atoms with van der Waals surface area (Å²) in [6.45, 7) is 5.61. The van der Waals surface area contributed by atoms with Gasteiger partial charge in [0.15, 0.2) is 11.6 Å². The number of aromatic hydroxyl groups is 2. The lowest BCUT2D eigenvalue weighted by Gasteiger charge is -2.10. The van der Waals surface area contributed by atoms with E-state index in [-0.39, 0.29) is 11.5 Å². The van der Waals surface area contributed by atoms with Crippen LogP contribution in [0.5, 0.6) is 11.5 Å². The molecule has 0 aliphatic heterocycles. The molecule has 0 atom stereocenters. The Labute approximate surface area is 140 Å². The highest BCUT2D eigenvalue weighted by atomic mass is 16.3. The quantitative estimate of drug-likeness (QED) is 0.767. The van der Waals surface area contributed by atoms with Crippen LogP contribution in [-0.4, -0.2) is 25.2 Å². The summed E-state index contributed by atoms with van der Waals surface area (Å²) in [4.78, 5) is 13.4. The van der Waals surface area contributed by atoms with Crippen LogP contribution in [0.1, 0.15) is 23.9 Å². The molecular weight excluding hydrogens is 302 g/mol. The van der Waals surface area contributed by atoms with Crippen molar-refractivity contribution in [1.29, 1.82) is 0 Å². The molecule has 0 amide bonds. The van der Waals surface area contributed by atoms with Crippen molar-refractivity contribution in [2.75, 3.05) is 0 Å². The van der Waals surface area contributed by atoms with Crippen molar-refractivity contribution in [3.63, 3.8) is 0 Å². The minimum Gasteiger partial charge on any atom is -0.507 e. The lowest BCUT2D eigenvalue weighted by atomic mass is 10.1. The molecule has 0 fully saturated rings. The zero-order chi connectivity index (χ0) is 17.3. The third-order valence-electron chi connectivity index (χ3n) is 3.96. The molecule has 0 unspecified atom stereocenters. The Hall–Kier alpha value is -2.95. The lowest BCUT2D eigenvalue weighted by molar-refractivity contribution is 0.472. The number of phenolic OH excluding ortho intramolecular Hbond substituents is 2. The van der Waals surface area contributed by atoms with Crippen molar-refractivity contribution in [1.82, 2.24) is 15.0 Å². The molecule has 5 heteroatoms. The highest BCUT2D eigenvalue weighted by molar-refractivity contribution is 5.70. The number of para-hydroxylation sites is 2. The van der Waals surface area contributed by atoms with Crippen LogP contribution in [0.3, 0.4) is 0 Å². The van der Waals surface area contributed by atoms with E-state index in [1.165, 1.54) is 0 Å². The van der Waals surface area contributed by atoms with Gasteiger partial charge in [-0.1, -0.05) is 31.2 Å². The van der Waals surface area contributed by atoms with E-state index in [1.807, 2.05) is 45.0 Å². The standard InChI is InChI=1S/C19H19N3O2/c1-4-15-20-18(13-9-5-7-11(2)16(13)23)22-19(21-15)14-10-6-8-12(3)17(14)24/h5-10,23-24H,4H2,1-3H3. The molecule has 0 saturated carbocycles. The molecule has 1 heterocycles. The van der Waals surface area contributed by atoms with Gasteiger partial charge in [0, 0.05) is 6.42 Å². The molecule has 0 spiro atoms. The number of benzene rings is 2. The number of hydrogen-bond acceptors (Lipinski definition) is 5. The van der Waals surface area contributed by atoms with Gasteiger partial charge in [-0.25, -0.2) is 15.0 Å². The SMILES string of the molecule is CCc1nc(-c2cccc(C)c2O)nc(-c2cccc(C)c2O)n1. The Morgan fingerprint density at radius 2 is 1.21 bits per heavy atom. The maximum absolute atomic E-state index is 10.3. The van der Waals surface area contributed by atoms with Crippen molar-refractivity contribution >= 4 is 0 Å². The summed E-state index contributed by atoms with van der Waals surface area (Å²) < 4.78 is 0. The van der Waals surface area contributed by atoms with Crippen LogP contribution in [0, 0.1) is 13.8 Å². The van der Waals surface area contributed by atoms with Gasteiger partial charge in [-0.15, -0.1) is 0 Å². The van der Waals surface area contributed by atoms with E-state index in [0.29, 0.717) is 35.0 Å². The molecular formula is C19H19N3O2. The second kappa shape index (κ2) is 6.28. The smallest absolute Gasteiger partial charge is 0.167 e. The molecule has 24 heavy (non-hydrogen) atoms. The molecule has 0 aliphatic rings. The third kappa shape index (κ3) is 2.80. The van der Waals surface area contributed by atoms with Gasteiger partial charge in [0.2, 0.25) is 0 Å². The average molecular weight is 321 g/mol. The van der Waals surface area contributed by atoms with E-state index in [2.05, 4.69) is 15.0 Å². The number of phenols is 2. The normalized spacial score (nSPS) is 10.8. The predicted molar refractivity (Wildman–Crippen MR) is 92.9 cm³/mol. The Morgan fingerprint density at radius 1 is 0.750 bits per heavy atom. The van der Waals surface area contributed by atoms with Crippen LogP contribution in [0.15, 0.2) is 36.4 Å². The van der Waals surface area contributed by atoms with Gasteiger partial charge >= 0.3 is 0 Å². The summed E-state index contributed by atoms with van der Waals surface area (Å²) in [6, 6.07) is 10.9. The Bertz CT molecular complexity index is 837. The van der Waals surface area contributed by atoms with E-state index in [1.54, 1.807) is 12.1 Å². The van der Waals surface area contributed by atoms with Gasteiger partial charge in [0.25, 0.3) is 0 Å². The van der Waals surface area contributed by atoms with Gasteiger partial charge in [0.1, 0.15) is 17.3 Å². The zero-order valence-corrected chi connectivity index (χ0v) is 13.9. The first-order valence-electron chi connectivity index (χ1n) is 7.84. The number of rotatable bonds is 3. The molecule has 2 aromatic carbocycles. The van der Waals surface area contributed by atoms with Crippen molar-refractivity contribution in [3.05, 3.63) is 53.3 Å². The highest BCUT2D eigenvalue weighted by Gasteiger charge is 2.16. The topological polar surface area (TPSA) is 79.1 Å². The summed E-state index contributed by atoms with van der Waals surface area (Å²) in [6.07, 6.45) is 0.627. The molecule has 1 aromatic heterocycles. The highest BCUT2D eigenvalue weighted by Crippen LogP contribution is 2.33. The zero-order valence-electron chi connectivity index (χ0n) is 13.9. The minimum absolute atomic E-state index is 0.158. The number of hydrogen-bond donors (Lipinski definition) is 2. The second-order valence-corrected chi connectivity index (χ2v) is 5.69. The van der Waals surface area contributed by atoms with E-state index in [4.69, 9.17) is 0 Å². The molecule has 5 nitrogen and oxygen atoms in total. The molecule has 0 radical (unpaired) electrons. The Kier molecular flexibility index (Phi) is 4.16. The molecule has 3 rings (SSSR count). The first kappa shape index (κ1) is 15.9. The fourth-order valence-electron chi connectivity index (χ4n) is 2.50. The predicted octanol–water partition coefficient (Wildman–Crippen LogP) is 3.80. The first-order chi connectivity index (χ1) is 11.5. The van der Waals surface area contributed by atoms with Crippen LogP contribution < -0.4 is 0 Å². The van der Waals surface area contributed by atoms with Crippen LogP contribution >= 0.6 is 0 Å². The van der Waals surface area contributed by atoms with E-state index >= 15 is 0 Å². The van der Waals surface area contributed by atoms with Crippen molar-refractivity contribution < 1.29 is 10.2 Å². The van der Waals surface area contributed by atoms with Gasteiger partial charge in [-0.2, -0.15) is 0 Å². The molecule has 2 N–H and O–H groups in total. The van der Waals surface area contributed by atoms with Crippen molar-refractivity contribution in [2.45, 2.75) is 27.2 Å². The minimum atomic E-state index is 0.158. The largest absolute Gasteiger partial charge is 0.507 e. The van der Waals surface area contributed by atoms with E-state index in [0.717, 1.165) is 11.1 Å². The third-order valence-corrected chi connectivity index (χ3v) is 3.96. The fourth-order valence-corrected chi connectivity index (χ4v) is 2.50. The van der Waals surface area contributed by atoms with Crippen molar-refractivity contribution in [2.24, 2.45) is 0 Å². The van der Waals surface area contributed by atoms with Gasteiger partial charge in [-0.05, 0) is 37.1 Å². The Balaban J connectivity index is 2.23. The Morgan fingerprint density at radius 3 is 1.62 bits per heavy atom. The van der Waals surface area contributed by atoms with E-state index in [9.17, 15) is 10.2 Å². The second-order valence-electron chi connectivity index (χ2n) is 5.69. The van der Waals surface area contributed by atoms with E-state index < -0.39 is 0 Å². The summed E-state index contributed by atoms with van der Waals surface area (Å²) >= 11 is 0. The summed E-state index contributed by atoms with van der Waals surface area (Å²) in [5, 5.41) is 20.6. The molecule has 0 aliphatic carbocycles. The fraction of sp³-hybridized carbons (Fsp3) is 0.211. The molecule has 0 saturated heterocycles. The van der Waals surface area contributed by atoms with Crippen molar-refractivity contribution in [3.8, 4) is 34.3 Å². The van der Waals surface area contributed by atoms with Crippen LogP contribution in [0.4, 0.5) is 0 Å². The first-order valence-corrected chi connectivity index (χ1v) is 7.84. The summed E-state index contributed by atoms with van der Waals surface area (Å²) in [5.41, 5.74) is 2.62. The molecule has 3 aromatic rings. The van der Waals surface area contributed by atoms with Crippen LogP contribution in [0.25, 0.3) is 22.8 Å². The van der Waals surface area contributed by atoms with Crippen LogP contribution in [-0.2, 0) is 6.42 Å². The van der Waals surface area contributed by atoms with Gasteiger partial charge in [-0.3, -0.25) is 0 Å². The maximum Gasteiger partial charge on any atom is 0.167 e. The molecule has 122 valence electrons. The monoisotopic (exact) mass is 321 g/mol. The van der Waals surface area contributed by atoms with Gasteiger partial charge < -0.3 is 10.2 Å². The number of aryl methyl sites for hydroxylation is 3. The lowest BCUT2D eigenvalue weighted by Crippen LogP contribution is -2.02. The van der Waals surface area contributed by atoms with Crippen LogP contribution in [0.2, 0.25) is 0 Å². The summed E-state index contributed by atoms with van der Waals surface area (Å²) in [7, 11) is 0. The number of nitrogens with zero attached hydrogens (tertiary/aromatic N) is 3. The molecule has 0 bridgehead atoms. The summed E-state index contributed by atoms with van der Waals surface area (Å²) in [5.74, 6) is 1.73.